The maximum atomic E-state index is 12.6. The highest BCUT2D eigenvalue weighted by Crippen LogP contribution is 2.61. The summed E-state index contributed by atoms with van der Waals surface area (Å²) >= 11 is 1.46. The first-order chi connectivity index (χ1) is 24.2. The zero-order valence-electron chi connectivity index (χ0n) is 27.6. The average Bonchev–Trinajstić information content (AvgIpc) is 3.60. The van der Waals surface area contributed by atoms with Gasteiger partial charge in [0.1, 0.15) is 36.3 Å². The lowest BCUT2D eigenvalue weighted by Gasteiger charge is -2.30. The van der Waals surface area contributed by atoms with Gasteiger partial charge in [-0.05, 0) is 5.41 Å². The number of nitrogens with one attached hydrogen (secondary N) is 2. The molecule has 0 aliphatic carbocycles. The van der Waals surface area contributed by atoms with E-state index in [2.05, 4.69) is 41.0 Å². The van der Waals surface area contributed by atoms with Crippen molar-refractivity contribution in [1.29, 1.82) is 0 Å². The van der Waals surface area contributed by atoms with Crippen molar-refractivity contribution in [2.24, 2.45) is 5.41 Å². The van der Waals surface area contributed by atoms with Crippen LogP contribution in [0.15, 0.2) is 36.8 Å². The molecule has 0 spiro atoms. The van der Waals surface area contributed by atoms with Crippen molar-refractivity contribution in [1.82, 2.24) is 30.2 Å². The molecule has 0 bridgehead atoms. The van der Waals surface area contributed by atoms with Crippen molar-refractivity contribution < 1.29 is 75.7 Å². The molecule has 3 rings (SSSR count). The number of thioether (sulfide) groups is 1. The number of ether oxygens (including phenoxy) is 1. The highest BCUT2D eigenvalue weighted by Gasteiger charge is 2.50. The second-order valence-corrected chi connectivity index (χ2v) is 16.8. The first-order valence-electron chi connectivity index (χ1n) is 14.9. The molecule has 0 radical (unpaired) electrons. The molecule has 1 saturated heterocycles. The molecule has 2 aromatic heterocycles. The number of carbonyl (C=O) groups is 2. The van der Waals surface area contributed by atoms with Crippen LogP contribution in [0.4, 0.5) is 5.82 Å². The molecule has 1 aliphatic rings. The van der Waals surface area contributed by atoms with Gasteiger partial charge in [0.05, 0.1) is 19.5 Å². The van der Waals surface area contributed by atoms with Crippen molar-refractivity contribution in [2.75, 3.05) is 37.8 Å². The van der Waals surface area contributed by atoms with Gasteiger partial charge in [-0.3, -0.25) is 27.7 Å². The first-order valence-corrected chi connectivity index (χ1v) is 20.5. The van der Waals surface area contributed by atoms with Crippen LogP contribution < -0.4 is 16.4 Å². The molecule has 27 heteroatoms. The molecule has 1 aliphatic heterocycles. The quantitative estimate of drug-likeness (QED) is 0.0449. The number of hydrogen-bond donors (Lipinski definition) is 9. The number of aromatic nitrogens is 4. The number of hydrogen-bond acceptors (Lipinski definition) is 17. The van der Waals surface area contributed by atoms with E-state index in [0.717, 1.165) is 17.2 Å². The first kappa shape index (κ1) is 43.8. The van der Waals surface area contributed by atoms with Gasteiger partial charge in [-0.1, -0.05) is 32.6 Å². The number of aliphatic hydroxyl groups excluding tert-OH is 2. The predicted octanol–water partition coefficient (Wildman–Crippen LogP) is -0.162. The lowest BCUT2D eigenvalue weighted by atomic mass is 9.87. The van der Waals surface area contributed by atoms with Crippen LogP contribution in [-0.4, -0.2) is 118 Å². The van der Waals surface area contributed by atoms with E-state index < -0.39 is 78.6 Å². The number of nitrogen functional groups attached to an aromatic ring is 1. The second-order valence-electron chi connectivity index (χ2n) is 11.5. The fraction of sp³-hybridized carbons (Fsp3) is 0.560. The van der Waals surface area contributed by atoms with Crippen LogP contribution in [0, 0.1) is 5.41 Å². The topological polar surface area (TPSA) is 347 Å². The number of aliphatic hydroxyl groups is 2. The Balaban J connectivity index is 1.53. The molecule has 292 valence electrons. The second kappa shape index (κ2) is 18.6. The van der Waals surface area contributed by atoms with E-state index in [1.165, 1.54) is 25.6 Å². The number of amides is 2. The molecule has 23 nitrogen and oxygen atoms in total. The van der Waals surface area contributed by atoms with Crippen LogP contribution in [0.3, 0.4) is 0 Å². The number of phosphoric ester groups is 3. The van der Waals surface area contributed by atoms with E-state index in [9.17, 15) is 53.1 Å². The van der Waals surface area contributed by atoms with Gasteiger partial charge >= 0.3 is 23.5 Å². The maximum Gasteiger partial charge on any atom is 0.481 e. The van der Waals surface area contributed by atoms with Crippen LogP contribution in [0.25, 0.3) is 11.2 Å². The van der Waals surface area contributed by atoms with E-state index in [-0.39, 0.29) is 35.9 Å². The van der Waals surface area contributed by atoms with Crippen molar-refractivity contribution in [3.05, 3.63) is 36.8 Å². The molecule has 2 aromatic rings. The van der Waals surface area contributed by atoms with Crippen LogP contribution in [0.5, 0.6) is 0 Å². The third-order valence-electron chi connectivity index (χ3n) is 6.93. The fourth-order valence-corrected chi connectivity index (χ4v) is 7.78. The Morgan fingerprint density at radius 2 is 1.83 bits per heavy atom. The average molecular weight is 820 g/mol. The van der Waals surface area contributed by atoms with Gasteiger partial charge in [-0.25, -0.2) is 28.6 Å². The lowest BCUT2D eigenvalue weighted by molar-refractivity contribution is -0.137. The van der Waals surface area contributed by atoms with Gasteiger partial charge in [0, 0.05) is 30.7 Å². The Hall–Kier alpha value is -2.63. The number of nitrogens with two attached hydrogens (primary N) is 1. The van der Waals surface area contributed by atoms with Crippen LogP contribution in [-0.2, 0) is 45.9 Å². The maximum absolute atomic E-state index is 12.6. The molecule has 0 aromatic carbocycles. The summed E-state index contributed by atoms with van der Waals surface area (Å²) in [5.74, 6) is -0.727. The zero-order chi connectivity index (χ0) is 38.9. The summed E-state index contributed by atoms with van der Waals surface area (Å²) in [6.45, 7) is 4.32. The molecule has 10 N–H and O–H groups in total. The molecule has 7 atom stereocenters. The molecule has 1 fully saturated rings. The third-order valence-corrected chi connectivity index (χ3v) is 10.8. The highest BCUT2D eigenvalue weighted by molar-refractivity contribution is 8.02. The Morgan fingerprint density at radius 1 is 1.13 bits per heavy atom. The largest absolute Gasteiger partial charge is 0.481 e. The Kier molecular flexibility index (Phi) is 15.7. The standard InChI is InChI=1S/C25H40N7O16P3S/c1-4-5-9-52-10-8-27-16(33)6-7-28-23(36)20(35)25(2,3)12-45-51(42,43)48-50(40,41)44-11-15-19(47-49(37,38)39)18(34)24(46-15)32-14-31-17-21(26)29-13-30-22(17)32/h4-5,9,13-15,18-20,24,34-35H,1,6-8,10-12H2,2-3H3,(H,27,33)(H,28,36)(H,40,41)(H,42,43)(H2,26,29,30)(H2,37,38,39)/t15-,18-,19-,20?,24-/m1/s1. The van der Waals surface area contributed by atoms with Crippen LogP contribution >= 0.6 is 35.2 Å². The van der Waals surface area contributed by atoms with Gasteiger partial charge in [0.15, 0.2) is 17.7 Å². The number of anilines is 1. The van der Waals surface area contributed by atoms with Crippen molar-refractivity contribution in [3.63, 3.8) is 0 Å². The number of rotatable bonds is 21. The summed E-state index contributed by atoms with van der Waals surface area (Å²) < 4.78 is 62.0. The van der Waals surface area contributed by atoms with E-state index in [4.69, 9.17) is 19.5 Å². The summed E-state index contributed by atoms with van der Waals surface area (Å²) in [6.07, 6.45) is -3.40. The minimum atomic E-state index is -5.55. The number of imidazole rings is 1. The van der Waals surface area contributed by atoms with Gasteiger partial charge < -0.3 is 50.9 Å². The molecular formula is C25H40N7O16P3S. The van der Waals surface area contributed by atoms with E-state index >= 15 is 0 Å². The predicted molar refractivity (Wildman–Crippen MR) is 181 cm³/mol. The van der Waals surface area contributed by atoms with E-state index in [1.54, 1.807) is 12.2 Å². The molecule has 3 unspecified atom stereocenters. The van der Waals surface area contributed by atoms with Gasteiger partial charge in [-0.15, -0.1) is 11.8 Å². The van der Waals surface area contributed by atoms with Crippen LogP contribution in [0.1, 0.15) is 26.5 Å². The van der Waals surface area contributed by atoms with Crippen molar-refractivity contribution in [3.8, 4) is 0 Å². The Labute approximate surface area is 300 Å². The lowest BCUT2D eigenvalue weighted by Crippen LogP contribution is -2.46. The SMILES string of the molecule is C=CC=CSCCNC(=O)CCNC(=O)C(O)C(C)(C)COP(=O)(O)OP(=O)(O)OC[C@H]1O[C@@H](n2cnc3c(N)ncnc32)[C@H](O)[C@@H]1OP(=O)(O)O. The normalized spacial score (nSPS) is 22.5. The summed E-state index contributed by atoms with van der Waals surface area (Å²) in [4.78, 5) is 75.2. The van der Waals surface area contributed by atoms with Gasteiger partial charge in [-0.2, -0.15) is 4.31 Å². The van der Waals surface area contributed by atoms with Crippen LogP contribution in [0.2, 0.25) is 0 Å². The number of allylic oxidation sites excluding steroid dienone is 2. The number of carbonyl (C=O) groups excluding carboxylic acids is 2. The number of nitrogens with zero attached hydrogens (tertiary/aromatic N) is 4. The molecule has 0 saturated carbocycles. The summed E-state index contributed by atoms with van der Waals surface area (Å²) in [6, 6.07) is 0. The summed E-state index contributed by atoms with van der Waals surface area (Å²) in [5.41, 5.74) is 4.30. The van der Waals surface area contributed by atoms with E-state index in [0.29, 0.717) is 12.3 Å². The zero-order valence-corrected chi connectivity index (χ0v) is 31.1. The molecule has 2 amide bonds. The minimum Gasteiger partial charge on any atom is -0.386 e. The third kappa shape index (κ3) is 13.0. The number of fused-ring (bicyclic) bond motifs is 1. The molecule has 3 heterocycles. The van der Waals surface area contributed by atoms with Crippen molar-refractivity contribution in [2.45, 2.75) is 50.9 Å². The highest BCUT2D eigenvalue weighted by atomic mass is 32.2. The Morgan fingerprint density at radius 3 is 2.50 bits per heavy atom. The summed E-state index contributed by atoms with van der Waals surface area (Å²) in [5, 5.41) is 28.2. The minimum absolute atomic E-state index is 0.0366. The van der Waals surface area contributed by atoms with E-state index in [1.807, 2.05) is 5.41 Å². The van der Waals surface area contributed by atoms with Crippen molar-refractivity contribution >= 4 is 64.0 Å². The molecule has 52 heavy (non-hydrogen) atoms. The number of phosphoric acid groups is 3. The smallest absolute Gasteiger partial charge is 0.386 e. The Bertz CT molecular complexity index is 1740. The fourth-order valence-electron chi connectivity index (χ4n) is 4.37. The monoisotopic (exact) mass is 819 g/mol. The molecular weight excluding hydrogens is 779 g/mol. The van der Waals surface area contributed by atoms with Gasteiger partial charge in [0.2, 0.25) is 11.8 Å². The summed E-state index contributed by atoms with van der Waals surface area (Å²) in [7, 11) is -16.3. The van der Waals surface area contributed by atoms with Gasteiger partial charge in [0.25, 0.3) is 0 Å².